The molecule has 0 radical (unpaired) electrons. The SMILES string of the molecule is Cc1nnc(CC2CC(N)C2)n1Cc1cccnc1. The van der Waals surface area contributed by atoms with Crippen molar-refractivity contribution in [2.45, 2.75) is 38.8 Å². The number of rotatable bonds is 4. The minimum atomic E-state index is 0.390. The lowest BCUT2D eigenvalue weighted by atomic mass is 9.78. The molecule has 0 unspecified atom stereocenters. The highest BCUT2D eigenvalue weighted by Crippen LogP contribution is 2.28. The van der Waals surface area contributed by atoms with Crippen LogP contribution in [0.25, 0.3) is 0 Å². The summed E-state index contributed by atoms with van der Waals surface area (Å²) in [5.74, 6) is 2.70. The summed E-state index contributed by atoms with van der Waals surface area (Å²) < 4.78 is 2.18. The summed E-state index contributed by atoms with van der Waals surface area (Å²) in [6, 6.07) is 4.43. The van der Waals surface area contributed by atoms with Gasteiger partial charge in [-0.25, -0.2) is 0 Å². The maximum atomic E-state index is 5.84. The van der Waals surface area contributed by atoms with Gasteiger partial charge in [0.1, 0.15) is 11.6 Å². The maximum absolute atomic E-state index is 5.84. The molecule has 0 atom stereocenters. The third-order valence-electron chi connectivity index (χ3n) is 3.82. The van der Waals surface area contributed by atoms with Gasteiger partial charge in [-0.05, 0) is 37.3 Å². The Morgan fingerprint density at radius 3 is 2.89 bits per heavy atom. The second-order valence-corrected chi connectivity index (χ2v) is 5.41. The van der Waals surface area contributed by atoms with E-state index in [0.717, 1.165) is 37.5 Å². The minimum absolute atomic E-state index is 0.390. The van der Waals surface area contributed by atoms with Crippen LogP contribution in [0.4, 0.5) is 0 Å². The van der Waals surface area contributed by atoms with Crippen molar-refractivity contribution in [1.29, 1.82) is 0 Å². The molecule has 2 N–H and O–H groups in total. The molecule has 2 aromatic rings. The van der Waals surface area contributed by atoms with Gasteiger partial charge in [0, 0.05) is 24.9 Å². The van der Waals surface area contributed by atoms with Crippen molar-refractivity contribution in [1.82, 2.24) is 19.7 Å². The normalized spacial score (nSPS) is 22.2. The van der Waals surface area contributed by atoms with Crippen molar-refractivity contribution in [3.05, 3.63) is 41.7 Å². The molecule has 100 valence electrons. The van der Waals surface area contributed by atoms with E-state index in [1.165, 1.54) is 5.56 Å². The van der Waals surface area contributed by atoms with Crippen LogP contribution in [0.15, 0.2) is 24.5 Å². The lowest BCUT2D eigenvalue weighted by Gasteiger charge is -2.32. The van der Waals surface area contributed by atoms with Crippen LogP contribution in [0.2, 0.25) is 0 Å². The van der Waals surface area contributed by atoms with Gasteiger partial charge in [0.2, 0.25) is 0 Å². The summed E-state index contributed by atoms with van der Waals surface area (Å²) in [5.41, 5.74) is 7.02. The van der Waals surface area contributed by atoms with Crippen molar-refractivity contribution in [3.63, 3.8) is 0 Å². The third-order valence-corrected chi connectivity index (χ3v) is 3.82. The van der Waals surface area contributed by atoms with E-state index in [1.54, 1.807) is 6.20 Å². The molecular formula is C14H19N5. The molecule has 0 aromatic carbocycles. The van der Waals surface area contributed by atoms with E-state index in [2.05, 4.69) is 25.8 Å². The van der Waals surface area contributed by atoms with Crippen molar-refractivity contribution >= 4 is 0 Å². The molecule has 1 fully saturated rings. The van der Waals surface area contributed by atoms with E-state index >= 15 is 0 Å². The van der Waals surface area contributed by atoms with E-state index in [-0.39, 0.29) is 0 Å². The standard InChI is InChI=1S/C14H19N5/c1-10-17-18-14(7-12-5-13(15)6-12)19(10)9-11-3-2-4-16-8-11/h2-4,8,12-13H,5-7,9,15H2,1H3. The van der Waals surface area contributed by atoms with Gasteiger partial charge in [-0.3, -0.25) is 4.98 Å². The number of nitrogens with zero attached hydrogens (tertiary/aromatic N) is 4. The lowest BCUT2D eigenvalue weighted by Crippen LogP contribution is -2.37. The Morgan fingerprint density at radius 1 is 1.37 bits per heavy atom. The fourth-order valence-electron chi connectivity index (χ4n) is 2.67. The summed E-state index contributed by atoms with van der Waals surface area (Å²) in [6.45, 7) is 2.79. The van der Waals surface area contributed by atoms with E-state index in [9.17, 15) is 0 Å². The Kier molecular flexibility index (Phi) is 3.29. The number of aryl methyl sites for hydroxylation is 1. The largest absolute Gasteiger partial charge is 0.328 e. The molecule has 2 aromatic heterocycles. The molecule has 2 heterocycles. The zero-order valence-electron chi connectivity index (χ0n) is 11.2. The predicted octanol–water partition coefficient (Wildman–Crippen LogP) is 1.31. The van der Waals surface area contributed by atoms with Crippen molar-refractivity contribution < 1.29 is 0 Å². The lowest BCUT2D eigenvalue weighted by molar-refractivity contribution is 0.258. The molecular weight excluding hydrogens is 238 g/mol. The summed E-state index contributed by atoms with van der Waals surface area (Å²) in [7, 11) is 0. The Hall–Kier alpha value is -1.75. The topological polar surface area (TPSA) is 69.6 Å². The van der Waals surface area contributed by atoms with Crippen LogP contribution < -0.4 is 5.73 Å². The molecule has 19 heavy (non-hydrogen) atoms. The van der Waals surface area contributed by atoms with Gasteiger partial charge in [0.05, 0.1) is 6.54 Å². The zero-order chi connectivity index (χ0) is 13.2. The quantitative estimate of drug-likeness (QED) is 0.896. The summed E-state index contributed by atoms with van der Waals surface area (Å²) >= 11 is 0. The fraction of sp³-hybridized carbons (Fsp3) is 0.500. The molecule has 5 heteroatoms. The molecule has 1 aliphatic carbocycles. The molecule has 1 saturated carbocycles. The van der Waals surface area contributed by atoms with Gasteiger partial charge in [0.15, 0.2) is 0 Å². The molecule has 0 saturated heterocycles. The van der Waals surface area contributed by atoms with Crippen molar-refractivity contribution in [2.75, 3.05) is 0 Å². The monoisotopic (exact) mass is 257 g/mol. The number of hydrogen-bond donors (Lipinski definition) is 1. The highest BCUT2D eigenvalue weighted by molar-refractivity contribution is 5.11. The molecule has 0 spiro atoms. The summed E-state index contributed by atoms with van der Waals surface area (Å²) in [4.78, 5) is 4.15. The summed E-state index contributed by atoms with van der Waals surface area (Å²) in [6.07, 6.45) is 6.88. The van der Waals surface area contributed by atoms with Gasteiger partial charge < -0.3 is 10.3 Å². The highest BCUT2D eigenvalue weighted by atomic mass is 15.3. The van der Waals surface area contributed by atoms with Crippen LogP contribution >= 0.6 is 0 Å². The Balaban J connectivity index is 1.75. The predicted molar refractivity (Wildman–Crippen MR) is 72.5 cm³/mol. The van der Waals surface area contributed by atoms with Gasteiger partial charge in [-0.2, -0.15) is 0 Å². The molecule has 0 aliphatic heterocycles. The van der Waals surface area contributed by atoms with Crippen LogP contribution in [0.3, 0.4) is 0 Å². The molecule has 3 rings (SSSR count). The van der Waals surface area contributed by atoms with Crippen LogP contribution in [-0.2, 0) is 13.0 Å². The van der Waals surface area contributed by atoms with E-state index in [0.29, 0.717) is 12.0 Å². The average molecular weight is 257 g/mol. The molecule has 0 amide bonds. The van der Waals surface area contributed by atoms with Crippen molar-refractivity contribution in [2.24, 2.45) is 11.7 Å². The first-order valence-corrected chi connectivity index (χ1v) is 6.75. The maximum Gasteiger partial charge on any atom is 0.133 e. The van der Waals surface area contributed by atoms with E-state index in [1.807, 2.05) is 19.2 Å². The Labute approximate surface area is 112 Å². The molecule has 5 nitrogen and oxygen atoms in total. The second-order valence-electron chi connectivity index (χ2n) is 5.41. The molecule has 1 aliphatic rings. The Morgan fingerprint density at radius 2 is 2.21 bits per heavy atom. The first kappa shape index (κ1) is 12.3. The van der Waals surface area contributed by atoms with Gasteiger partial charge in [-0.1, -0.05) is 6.07 Å². The second kappa shape index (κ2) is 5.09. The zero-order valence-corrected chi connectivity index (χ0v) is 11.2. The van der Waals surface area contributed by atoms with Crippen LogP contribution in [0.5, 0.6) is 0 Å². The smallest absolute Gasteiger partial charge is 0.133 e. The first-order valence-electron chi connectivity index (χ1n) is 6.75. The van der Waals surface area contributed by atoms with Crippen LogP contribution in [0, 0.1) is 12.8 Å². The third kappa shape index (κ3) is 2.66. The summed E-state index contributed by atoms with van der Waals surface area (Å²) in [5, 5.41) is 8.52. The van der Waals surface area contributed by atoms with Crippen molar-refractivity contribution in [3.8, 4) is 0 Å². The fourth-order valence-corrected chi connectivity index (χ4v) is 2.67. The Bertz CT molecular complexity index is 542. The number of aromatic nitrogens is 4. The first-order chi connectivity index (χ1) is 9.22. The van der Waals surface area contributed by atoms with E-state index in [4.69, 9.17) is 5.73 Å². The number of pyridine rings is 1. The molecule has 0 bridgehead atoms. The van der Waals surface area contributed by atoms with Gasteiger partial charge >= 0.3 is 0 Å². The minimum Gasteiger partial charge on any atom is -0.328 e. The van der Waals surface area contributed by atoms with Gasteiger partial charge in [-0.15, -0.1) is 10.2 Å². The van der Waals surface area contributed by atoms with E-state index < -0.39 is 0 Å². The average Bonchev–Trinajstić information content (AvgIpc) is 2.71. The van der Waals surface area contributed by atoms with Crippen LogP contribution in [0.1, 0.15) is 30.1 Å². The number of nitrogens with two attached hydrogens (primary N) is 1. The van der Waals surface area contributed by atoms with Crippen LogP contribution in [-0.4, -0.2) is 25.8 Å². The highest BCUT2D eigenvalue weighted by Gasteiger charge is 2.27. The number of hydrogen-bond acceptors (Lipinski definition) is 4. The van der Waals surface area contributed by atoms with Gasteiger partial charge in [0.25, 0.3) is 0 Å².